The standard InChI is InChI=1S/C13H14O4/c1-3-11(14)8-17-12-5-4-10(7-13(15)16)9(2)6-12/h3-6H,1,7-8H2,2H3,(H,15,16). The van der Waals surface area contributed by atoms with Crippen LogP contribution in [0, 0.1) is 6.92 Å². The van der Waals surface area contributed by atoms with Crippen molar-refractivity contribution in [3.8, 4) is 5.75 Å². The van der Waals surface area contributed by atoms with Gasteiger partial charge in [-0.2, -0.15) is 0 Å². The summed E-state index contributed by atoms with van der Waals surface area (Å²) in [7, 11) is 0. The fraction of sp³-hybridized carbons (Fsp3) is 0.231. The molecule has 0 amide bonds. The molecule has 90 valence electrons. The third-order valence-electron chi connectivity index (χ3n) is 2.26. The van der Waals surface area contributed by atoms with E-state index in [9.17, 15) is 9.59 Å². The van der Waals surface area contributed by atoms with Crippen molar-refractivity contribution in [3.05, 3.63) is 42.0 Å². The molecule has 0 heterocycles. The lowest BCUT2D eigenvalue weighted by Gasteiger charge is -2.07. The number of benzene rings is 1. The van der Waals surface area contributed by atoms with Gasteiger partial charge in [0, 0.05) is 0 Å². The molecule has 0 aliphatic heterocycles. The Bertz CT molecular complexity index is 449. The summed E-state index contributed by atoms with van der Waals surface area (Å²) in [6, 6.07) is 5.06. The number of rotatable bonds is 6. The largest absolute Gasteiger partial charge is 0.485 e. The second kappa shape index (κ2) is 5.84. The number of aryl methyl sites for hydroxylation is 1. The quantitative estimate of drug-likeness (QED) is 0.762. The number of carboxylic acids is 1. The number of ketones is 1. The Hall–Kier alpha value is -2.10. The minimum atomic E-state index is -0.872. The third-order valence-corrected chi connectivity index (χ3v) is 2.26. The van der Waals surface area contributed by atoms with Crippen LogP contribution in [0.5, 0.6) is 5.75 Å². The Morgan fingerprint density at radius 1 is 1.47 bits per heavy atom. The average Bonchev–Trinajstić information content (AvgIpc) is 2.28. The summed E-state index contributed by atoms with van der Waals surface area (Å²) >= 11 is 0. The van der Waals surface area contributed by atoms with Crippen molar-refractivity contribution in [1.82, 2.24) is 0 Å². The van der Waals surface area contributed by atoms with E-state index >= 15 is 0 Å². The molecule has 0 aliphatic rings. The average molecular weight is 234 g/mol. The summed E-state index contributed by atoms with van der Waals surface area (Å²) in [6.45, 7) is 5.09. The number of carbonyl (C=O) groups excluding carboxylic acids is 1. The number of carbonyl (C=O) groups is 2. The third kappa shape index (κ3) is 4.10. The monoisotopic (exact) mass is 234 g/mol. The van der Waals surface area contributed by atoms with Crippen molar-refractivity contribution in [2.45, 2.75) is 13.3 Å². The molecule has 0 atom stereocenters. The number of aliphatic carboxylic acids is 1. The van der Waals surface area contributed by atoms with E-state index in [2.05, 4.69) is 6.58 Å². The van der Waals surface area contributed by atoms with Gasteiger partial charge in [-0.1, -0.05) is 12.6 Å². The van der Waals surface area contributed by atoms with Gasteiger partial charge in [-0.3, -0.25) is 9.59 Å². The molecular formula is C13H14O4. The molecule has 1 rings (SSSR count). The minimum Gasteiger partial charge on any atom is -0.485 e. The van der Waals surface area contributed by atoms with Gasteiger partial charge in [0.05, 0.1) is 6.42 Å². The van der Waals surface area contributed by atoms with Gasteiger partial charge in [0.1, 0.15) is 5.75 Å². The van der Waals surface area contributed by atoms with Crippen molar-refractivity contribution in [2.24, 2.45) is 0 Å². The van der Waals surface area contributed by atoms with Gasteiger partial charge in [0.2, 0.25) is 0 Å². The van der Waals surface area contributed by atoms with E-state index in [1.54, 1.807) is 25.1 Å². The molecule has 0 aliphatic carbocycles. The highest BCUT2D eigenvalue weighted by atomic mass is 16.5. The summed E-state index contributed by atoms with van der Waals surface area (Å²) in [6.07, 6.45) is 1.18. The molecule has 0 aromatic heterocycles. The Balaban J connectivity index is 2.71. The van der Waals surface area contributed by atoms with Crippen LogP contribution < -0.4 is 4.74 Å². The molecule has 17 heavy (non-hydrogen) atoms. The number of ether oxygens (including phenoxy) is 1. The van der Waals surface area contributed by atoms with Crippen molar-refractivity contribution in [3.63, 3.8) is 0 Å². The fourth-order valence-corrected chi connectivity index (χ4v) is 1.33. The van der Waals surface area contributed by atoms with Gasteiger partial charge in [-0.25, -0.2) is 0 Å². The van der Waals surface area contributed by atoms with Gasteiger partial charge in [-0.15, -0.1) is 0 Å². The van der Waals surface area contributed by atoms with Crippen LogP contribution in [-0.2, 0) is 16.0 Å². The van der Waals surface area contributed by atoms with E-state index in [1.807, 2.05) is 0 Å². The zero-order valence-corrected chi connectivity index (χ0v) is 9.60. The van der Waals surface area contributed by atoms with E-state index in [0.29, 0.717) is 5.75 Å². The lowest BCUT2D eigenvalue weighted by molar-refractivity contribution is -0.136. The van der Waals surface area contributed by atoms with Gasteiger partial charge in [0.25, 0.3) is 0 Å². The molecule has 1 aromatic rings. The zero-order chi connectivity index (χ0) is 12.8. The Morgan fingerprint density at radius 3 is 2.71 bits per heavy atom. The van der Waals surface area contributed by atoms with Crippen LogP contribution in [0.4, 0.5) is 0 Å². The molecule has 4 nitrogen and oxygen atoms in total. The molecule has 0 saturated carbocycles. The van der Waals surface area contributed by atoms with Crippen LogP contribution in [0.2, 0.25) is 0 Å². The lowest BCUT2D eigenvalue weighted by Crippen LogP contribution is -2.08. The molecule has 0 fully saturated rings. The SMILES string of the molecule is C=CC(=O)COc1ccc(CC(=O)O)c(C)c1. The van der Waals surface area contributed by atoms with Gasteiger partial charge in [-0.05, 0) is 36.3 Å². The van der Waals surface area contributed by atoms with Gasteiger partial charge >= 0.3 is 5.97 Å². The molecule has 4 heteroatoms. The second-order valence-electron chi connectivity index (χ2n) is 3.62. The molecule has 1 N–H and O–H groups in total. The van der Waals surface area contributed by atoms with E-state index in [4.69, 9.17) is 9.84 Å². The van der Waals surface area contributed by atoms with E-state index in [-0.39, 0.29) is 18.8 Å². The predicted octanol–water partition coefficient (Wildman–Crippen LogP) is 1.76. The maximum Gasteiger partial charge on any atom is 0.307 e. The van der Waals surface area contributed by atoms with Crippen LogP contribution in [0.25, 0.3) is 0 Å². The first-order valence-electron chi connectivity index (χ1n) is 5.12. The highest BCUT2D eigenvalue weighted by molar-refractivity contribution is 5.90. The highest BCUT2D eigenvalue weighted by Crippen LogP contribution is 2.17. The molecule has 0 saturated heterocycles. The maximum atomic E-state index is 11.0. The Labute approximate surface area is 99.5 Å². The fourth-order valence-electron chi connectivity index (χ4n) is 1.33. The first-order valence-corrected chi connectivity index (χ1v) is 5.12. The first-order chi connectivity index (χ1) is 8.02. The summed E-state index contributed by atoms with van der Waals surface area (Å²) in [5.41, 5.74) is 1.57. The first kappa shape index (κ1) is 13.0. The van der Waals surface area contributed by atoms with Crippen LogP contribution in [-0.4, -0.2) is 23.5 Å². The van der Waals surface area contributed by atoms with Crippen molar-refractivity contribution < 1.29 is 19.4 Å². The summed E-state index contributed by atoms with van der Waals surface area (Å²) in [5.74, 6) is -0.521. The molecule has 0 unspecified atom stereocenters. The highest BCUT2D eigenvalue weighted by Gasteiger charge is 2.06. The number of hydrogen-bond acceptors (Lipinski definition) is 3. The smallest absolute Gasteiger partial charge is 0.307 e. The number of hydrogen-bond donors (Lipinski definition) is 1. The van der Waals surface area contributed by atoms with Gasteiger partial charge < -0.3 is 9.84 Å². The van der Waals surface area contributed by atoms with Crippen molar-refractivity contribution in [2.75, 3.05) is 6.61 Å². The normalized spacial score (nSPS) is 9.71. The van der Waals surface area contributed by atoms with Crippen molar-refractivity contribution >= 4 is 11.8 Å². The number of carboxylic acid groups (broad SMARTS) is 1. The van der Waals surface area contributed by atoms with E-state index in [1.165, 1.54) is 6.08 Å². The van der Waals surface area contributed by atoms with Crippen LogP contribution in [0.3, 0.4) is 0 Å². The Kier molecular flexibility index (Phi) is 4.46. The zero-order valence-electron chi connectivity index (χ0n) is 9.60. The molecule has 0 radical (unpaired) electrons. The molecule has 1 aromatic carbocycles. The summed E-state index contributed by atoms with van der Waals surface area (Å²) < 4.78 is 5.23. The second-order valence-corrected chi connectivity index (χ2v) is 3.62. The molecule has 0 bridgehead atoms. The Morgan fingerprint density at radius 2 is 2.18 bits per heavy atom. The topological polar surface area (TPSA) is 63.6 Å². The van der Waals surface area contributed by atoms with Crippen molar-refractivity contribution in [1.29, 1.82) is 0 Å². The molecular weight excluding hydrogens is 220 g/mol. The minimum absolute atomic E-state index is 0.0162. The lowest BCUT2D eigenvalue weighted by atomic mass is 10.1. The van der Waals surface area contributed by atoms with E-state index in [0.717, 1.165) is 11.1 Å². The van der Waals surface area contributed by atoms with Crippen LogP contribution >= 0.6 is 0 Å². The summed E-state index contributed by atoms with van der Waals surface area (Å²) in [5, 5.41) is 8.68. The molecule has 0 spiro atoms. The van der Waals surface area contributed by atoms with Crippen LogP contribution in [0.15, 0.2) is 30.9 Å². The summed E-state index contributed by atoms with van der Waals surface area (Å²) in [4.78, 5) is 21.5. The van der Waals surface area contributed by atoms with Crippen LogP contribution in [0.1, 0.15) is 11.1 Å². The predicted molar refractivity (Wildman–Crippen MR) is 63.2 cm³/mol. The maximum absolute atomic E-state index is 11.0. The van der Waals surface area contributed by atoms with E-state index < -0.39 is 5.97 Å². The van der Waals surface area contributed by atoms with Gasteiger partial charge in [0.15, 0.2) is 12.4 Å².